The maximum absolute atomic E-state index is 12.0. The van der Waals surface area contributed by atoms with E-state index in [4.69, 9.17) is 11.6 Å². The van der Waals surface area contributed by atoms with Crippen LogP contribution in [0.2, 0.25) is 5.02 Å². The molecule has 2 rings (SSSR count). The Labute approximate surface area is 130 Å². The van der Waals surface area contributed by atoms with Gasteiger partial charge in [0.25, 0.3) is 5.91 Å². The summed E-state index contributed by atoms with van der Waals surface area (Å²) in [6, 6.07) is 14.5. The van der Waals surface area contributed by atoms with E-state index >= 15 is 0 Å². The van der Waals surface area contributed by atoms with Crippen LogP contribution in [0.1, 0.15) is 22.8 Å². The molecule has 2 aromatic rings. The molecule has 1 N–H and O–H groups in total. The first kappa shape index (κ1) is 14.8. The molecule has 0 saturated carbocycles. The lowest BCUT2D eigenvalue weighted by Crippen LogP contribution is -2.19. The quantitative estimate of drug-likeness (QED) is 0.651. The van der Waals surface area contributed by atoms with Crippen molar-refractivity contribution in [3.63, 3.8) is 0 Å². The summed E-state index contributed by atoms with van der Waals surface area (Å²) in [6.45, 7) is 1.82. The SMILES string of the molecule is CC(=NNC(=O)c1ccccc1Br)c1ccc(Cl)cc1. The second kappa shape index (κ2) is 6.68. The fourth-order valence-corrected chi connectivity index (χ4v) is 2.19. The average molecular weight is 352 g/mol. The lowest BCUT2D eigenvalue weighted by Gasteiger charge is -2.04. The number of benzene rings is 2. The number of carbonyl (C=O) groups is 1. The molecule has 2 aromatic carbocycles. The fourth-order valence-electron chi connectivity index (χ4n) is 1.60. The third-order valence-electron chi connectivity index (χ3n) is 2.71. The summed E-state index contributed by atoms with van der Waals surface area (Å²) >= 11 is 9.16. The number of nitrogens with zero attached hydrogens (tertiary/aromatic N) is 1. The van der Waals surface area contributed by atoms with Gasteiger partial charge in [0.15, 0.2) is 0 Å². The number of amides is 1. The van der Waals surface area contributed by atoms with Crippen molar-refractivity contribution in [2.75, 3.05) is 0 Å². The number of hydrazone groups is 1. The molecule has 0 aromatic heterocycles. The molecule has 0 aliphatic carbocycles. The molecule has 3 nitrogen and oxygen atoms in total. The van der Waals surface area contributed by atoms with Crippen LogP contribution in [0.15, 0.2) is 58.1 Å². The Hall–Kier alpha value is -1.65. The molecule has 0 atom stereocenters. The highest BCUT2D eigenvalue weighted by Crippen LogP contribution is 2.15. The molecule has 0 radical (unpaired) electrons. The van der Waals surface area contributed by atoms with Crippen molar-refractivity contribution < 1.29 is 4.79 Å². The Bertz CT molecular complexity index is 653. The van der Waals surface area contributed by atoms with E-state index in [1.165, 1.54) is 0 Å². The van der Waals surface area contributed by atoms with Gasteiger partial charge < -0.3 is 0 Å². The van der Waals surface area contributed by atoms with Gasteiger partial charge in [-0.1, -0.05) is 35.9 Å². The molecule has 0 bridgehead atoms. The van der Waals surface area contributed by atoms with Gasteiger partial charge in [0.05, 0.1) is 11.3 Å². The number of carbonyl (C=O) groups excluding carboxylic acids is 1. The first-order valence-electron chi connectivity index (χ1n) is 5.93. The van der Waals surface area contributed by atoms with Crippen LogP contribution < -0.4 is 5.43 Å². The van der Waals surface area contributed by atoms with Crippen molar-refractivity contribution in [3.8, 4) is 0 Å². The van der Waals surface area contributed by atoms with Crippen molar-refractivity contribution in [1.29, 1.82) is 0 Å². The van der Waals surface area contributed by atoms with E-state index in [-0.39, 0.29) is 5.91 Å². The summed E-state index contributed by atoms with van der Waals surface area (Å²) in [7, 11) is 0. The minimum Gasteiger partial charge on any atom is -0.267 e. The van der Waals surface area contributed by atoms with Gasteiger partial charge in [-0.3, -0.25) is 4.79 Å². The lowest BCUT2D eigenvalue weighted by molar-refractivity contribution is 0.0954. The van der Waals surface area contributed by atoms with E-state index in [9.17, 15) is 4.79 Å². The number of nitrogens with one attached hydrogen (secondary N) is 1. The van der Waals surface area contributed by atoms with E-state index in [1.807, 2.05) is 31.2 Å². The normalized spacial score (nSPS) is 11.2. The van der Waals surface area contributed by atoms with Crippen molar-refractivity contribution in [3.05, 3.63) is 69.2 Å². The van der Waals surface area contributed by atoms with Gasteiger partial charge in [-0.25, -0.2) is 5.43 Å². The number of hydrogen-bond acceptors (Lipinski definition) is 2. The highest BCUT2D eigenvalue weighted by atomic mass is 79.9. The monoisotopic (exact) mass is 350 g/mol. The molecule has 102 valence electrons. The van der Waals surface area contributed by atoms with Crippen LogP contribution in [0.5, 0.6) is 0 Å². The van der Waals surface area contributed by atoms with Gasteiger partial charge >= 0.3 is 0 Å². The molecule has 0 fully saturated rings. The van der Waals surface area contributed by atoms with Gasteiger partial charge in [-0.05, 0) is 52.7 Å². The molecule has 0 heterocycles. The number of halogens is 2. The molecule has 5 heteroatoms. The van der Waals surface area contributed by atoms with Crippen molar-refractivity contribution in [2.45, 2.75) is 6.92 Å². The Morgan fingerprint density at radius 2 is 1.80 bits per heavy atom. The van der Waals surface area contributed by atoms with Gasteiger partial charge in [0.2, 0.25) is 0 Å². The third kappa shape index (κ3) is 3.68. The standard InChI is InChI=1S/C15H12BrClN2O/c1-10(11-6-8-12(17)9-7-11)18-19-15(20)13-4-2-3-5-14(13)16/h2-9H,1H3,(H,19,20). The number of rotatable bonds is 3. The molecule has 0 aliphatic rings. The molecular weight excluding hydrogens is 340 g/mol. The summed E-state index contributed by atoms with van der Waals surface area (Å²) in [4.78, 5) is 12.0. The van der Waals surface area contributed by atoms with Crippen LogP contribution in [-0.2, 0) is 0 Å². The molecule has 0 spiro atoms. The highest BCUT2D eigenvalue weighted by molar-refractivity contribution is 9.10. The topological polar surface area (TPSA) is 41.5 Å². The van der Waals surface area contributed by atoms with Crippen LogP contribution in [0.4, 0.5) is 0 Å². The van der Waals surface area contributed by atoms with Crippen molar-refractivity contribution in [1.82, 2.24) is 5.43 Å². The minimum absolute atomic E-state index is 0.259. The summed E-state index contributed by atoms with van der Waals surface area (Å²) in [6.07, 6.45) is 0. The van der Waals surface area contributed by atoms with E-state index < -0.39 is 0 Å². The molecular formula is C15H12BrClN2O. The van der Waals surface area contributed by atoms with Gasteiger partial charge in [0.1, 0.15) is 0 Å². The lowest BCUT2D eigenvalue weighted by atomic mass is 10.1. The summed E-state index contributed by atoms with van der Waals surface area (Å²) < 4.78 is 0.733. The molecule has 1 amide bonds. The summed E-state index contributed by atoms with van der Waals surface area (Å²) in [5, 5.41) is 4.76. The van der Waals surface area contributed by atoms with E-state index in [0.717, 1.165) is 10.0 Å². The third-order valence-corrected chi connectivity index (χ3v) is 3.65. The summed E-state index contributed by atoms with van der Waals surface area (Å²) in [5.74, 6) is -0.259. The first-order chi connectivity index (χ1) is 9.58. The van der Waals surface area contributed by atoms with Crippen LogP contribution in [0, 0.1) is 0 Å². The molecule has 0 aliphatic heterocycles. The average Bonchev–Trinajstić information content (AvgIpc) is 2.45. The fraction of sp³-hybridized carbons (Fsp3) is 0.0667. The largest absolute Gasteiger partial charge is 0.272 e. The minimum atomic E-state index is -0.259. The zero-order chi connectivity index (χ0) is 14.5. The second-order valence-corrected chi connectivity index (χ2v) is 5.42. The Morgan fingerprint density at radius 3 is 2.45 bits per heavy atom. The number of hydrogen-bond donors (Lipinski definition) is 1. The van der Waals surface area contributed by atoms with Crippen LogP contribution in [0.3, 0.4) is 0 Å². The van der Waals surface area contributed by atoms with E-state index in [0.29, 0.717) is 16.3 Å². The predicted molar refractivity (Wildman–Crippen MR) is 85.3 cm³/mol. The van der Waals surface area contributed by atoms with Gasteiger partial charge in [-0.15, -0.1) is 0 Å². The zero-order valence-electron chi connectivity index (χ0n) is 10.7. The zero-order valence-corrected chi connectivity index (χ0v) is 13.1. The smallest absolute Gasteiger partial charge is 0.267 e. The van der Waals surface area contributed by atoms with Gasteiger partial charge in [-0.2, -0.15) is 5.10 Å². The molecule has 0 unspecified atom stereocenters. The van der Waals surface area contributed by atoms with Crippen molar-refractivity contribution in [2.24, 2.45) is 5.10 Å². The Balaban J connectivity index is 2.11. The summed E-state index contributed by atoms with van der Waals surface area (Å²) in [5.41, 5.74) is 4.70. The second-order valence-electron chi connectivity index (χ2n) is 4.12. The van der Waals surface area contributed by atoms with Crippen LogP contribution in [0.25, 0.3) is 0 Å². The highest BCUT2D eigenvalue weighted by Gasteiger charge is 2.08. The first-order valence-corrected chi connectivity index (χ1v) is 7.10. The van der Waals surface area contributed by atoms with E-state index in [1.54, 1.807) is 24.3 Å². The maximum Gasteiger partial charge on any atom is 0.272 e. The van der Waals surface area contributed by atoms with Crippen LogP contribution in [-0.4, -0.2) is 11.6 Å². The Kier molecular flexibility index (Phi) is 4.93. The maximum atomic E-state index is 12.0. The van der Waals surface area contributed by atoms with Crippen LogP contribution >= 0.6 is 27.5 Å². The molecule has 0 saturated heterocycles. The molecule has 20 heavy (non-hydrogen) atoms. The van der Waals surface area contributed by atoms with Crippen molar-refractivity contribution >= 4 is 39.1 Å². The van der Waals surface area contributed by atoms with E-state index in [2.05, 4.69) is 26.5 Å². The Morgan fingerprint density at radius 1 is 1.15 bits per heavy atom. The predicted octanol–water partition coefficient (Wildman–Crippen LogP) is 4.26. The van der Waals surface area contributed by atoms with Gasteiger partial charge in [0, 0.05) is 9.50 Å².